The zero-order valence-corrected chi connectivity index (χ0v) is 23.7. The highest BCUT2D eigenvalue weighted by molar-refractivity contribution is 6.30. The Hall–Kier alpha value is -2.76. The van der Waals surface area contributed by atoms with Gasteiger partial charge in [0.15, 0.2) is 5.60 Å². The SMILES string of the molecule is C=CC.Cc1c(C(Cc2ccc(Cl)cc2)C(C)NC(=O)C(C)(C)Oc2ccc(Cl)cn2)cn(C)c1C. The molecular formula is C29H37Cl2N3O2. The zero-order valence-electron chi connectivity index (χ0n) is 22.2. The average molecular weight is 531 g/mol. The van der Waals surface area contributed by atoms with Crippen molar-refractivity contribution < 1.29 is 9.53 Å². The zero-order chi connectivity index (χ0) is 27.0. The van der Waals surface area contributed by atoms with Gasteiger partial charge in [-0.25, -0.2) is 4.98 Å². The molecule has 2 heterocycles. The van der Waals surface area contributed by atoms with Crippen molar-refractivity contribution in [2.75, 3.05) is 0 Å². The minimum Gasteiger partial charge on any atom is -0.462 e. The van der Waals surface area contributed by atoms with E-state index in [9.17, 15) is 4.79 Å². The lowest BCUT2D eigenvalue weighted by Gasteiger charge is -2.30. The standard InChI is InChI=1S/C26H31Cl2N3O2.C3H6/c1-16-18(3)31(6)15-23(16)22(13-19-7-9-20(27)10-8-19)17(2)30-25(32)26(4,5)33-24-12-11-21(28)14-29-24;1-3-2/h7-12,14-15,17,22H,13H2,1-6H3,(H,30,32);3H,1H2,2H3. The maximum absolute atomic E-state index is 13.2. The van der Waals surface area contributed by atoms with E-state index in [1.54, 1.807) is 32.1 Å². The second-order valence-corrected chi connectivity index (χ2v) is 10.3. The highest BCUT2D eigenvalue weighted by Gasteiger charge is 2.34. The molecule has 36 heavy (non-hydrogen) atoms. The average Bonchev–Trinajstić information content (AvgIpc) is 3.07. The summed E-state index contributed by atoms with van der Waals surface area (Å²) in [7, 11) is 2.05. The van der Waals surface area contributed by atoms with Crippen LogP contribution in [0.4, 0.5) is 0 Å². The first kappa shape index (κ1) is 29.5. The van der Waals surface area contributed by atoms with E-state index in [1.807, 2.05) is 45.2 Å². The van der Waals surface area contributed by atoms with Crippen molar-refractivity contribution in [3.63, 3.8) is 0 Å². The monoisotopic (exact) mass is 529 g/mol. The number of amides is 1. The molecule has 5 nitrogen and oxygen atoms in total. The van der Waals surface area contributed by atoms with Crippen LogP contribution >= 0.6 is 23.2 Å². The second kappa shape index (κ2) is 13.0. The van der Waals surface area contributed by atoms with Crippen LogP contribution in [0.15, 0.2) is 61.4 Å². The van der Waals surface area contributed by atoms with Crippen LogP contribution in [-0.2, 0) is 18.3 Å². The fourth-order valence-corrected chi connectivity index (χ4v) is 4.13. The Kier molecular flexibility index (Phi) is 10.6. The number of benzene rings is 1. The Morgan fingerprint density at radius 3 is 2.25 bits per heavy atom. The van der Waals surface area contributed by atoms with Gasteiger partial charge in [-0.3, -0.25) is 4.79 Å². The Morgan fingerprint density at radius 2 is 1.75 bits per heavy atom. The van der Waals surface area contributed by atoms with E-state index < -0.39 is 5.60 Å². The maximum Gasteiger partial charge on any atom is 0.263 e. The molecule has 0 saturated heterocycles. The molecule has 2 aromatic heterocycles. The number of carbonyl (C=O) groups is 1. The lowest BCUT2D eigenvalue weighted by Crippen LogP contribution is -2.51. The van der Waals surface area contributed by atoms with Crippen LogP contribution in [-0.4, -0.2) is 27.1 Å². The third-order valence-electron chi connectivity index (χ3n) is 6.17. The molecule has 3 rings (SSSR count). The molecule has 1 N–H and O–H groups in total. The lowest BCUT2D eigenvalue weighted by molar-refractivity contribution is -0.135. The second-order valence-electron chi connectivity index (χ2n) is 9.44. The van der Waals surface area contributed by atoms with Crippen LogP contribution < -0.4 is 10.1 Å². The number of rotatable bonds is 8. The van der Waals surface area contributed by atoms with E-state index >= 15 is 0 Å². The first-order chi connectivity index (χ1) is 16.9. The van der Waals surface area contributed by atoms with E-state index in [4.69, 9.17) is 27.9 Å². The van der Waals surface area contributed by atoms with Crippen LogP contribution in [0.1, 0.15) is 56.0 Å². The fourth-order valence-electron chi connectivity index (χ4n) is 3.89. The van der Waals surface area contributed by atoms with Gasteiger partial charge >= 0.3 is 0 Å². The van der Waals surface area contributed by atoms with Gasteiger partial charge in [0, 0.05) is 48.2 Å². The van der Waals surface area contributed by atoms with Gasteiger partial charge in [-0.05, 0) is 82.9 Å². The Balaban J connectivity index is 0.00000145. The molecule has 0 aliphatic carbocycles. The van der Waals surface area contributed by atoms with Crippen molar-refractivity contribution in [3.8, 4) is 5.88 Å². The molecule has 0 radical (unpaired) electrons. The first-order valence-electron chi connectivity index (χ1n) is 11.9. The summed E-state index contributed by atoms with van der Waals surface area (Å²) in [4.78, 5) is 17.4. The highest BCUT2D eigenvalue weighted by Crippen LogP contribution is 2.31. The molecule has 0 spiro atoms. The lowest BCUT2D eigenvalue weighted by atomic mass is 9.85. The van der Waals surface area contributed by atoms with E-state index in [2.05, 4.69) is 41.5 Å². The third kappa shape index (κ3) is 7.87. The van der Waals surface area contributed by atoms with Crippen LogP contribution in [0.2, 0.25) is 10.0 Å². The number of halogens is 2. The number of allylic oxidation sites excluding steroid dienone is 1. The topological polar surface area (TPSA) is 56.1 Å². The summed E-state index contributed by atoms with van der Waals surface area (Å²) >= 11 is 12.0. The maximum atomic E-state index is 13.2. The Morgan fingerprint density at radius 1 is 1.17 bits per heavy atom. The van der Waals surface area contributed by atoms with Crippen molar-refractivity contribution in [2.24, 2.45) is 7.05 Å². The van der Waals surface area contributed by atoms with E-state index in [1.165, 1.54) is 23.0 Å². The van der Waals surface area contributed by atoms with Gasteiger partial charge in [-0.2, -0.15) is 0 Å². The summed E-state index contributed by atoms with van der Waals surface area (Å²) in [6, 6.07) is 11.1. The quantitative estimate of drug-likeness (QED) is 0.313. The van der Waals surface area contributed by atoms with Gasteiger partial charge in [-0.1, -0.05) is 41.4 Å². The number of carbonyl (C=O) groups excluding carboxylic acids is 1. The van der Waals surface area contributed by atoms with Crippen LogP contribution in [0.5, 0.6) is 5.88 Å². The number of aromatic nitrogens is 2. The fraction of sp³-hybridized carbons (Fsp3) is 0.379. The van der Waals surface area contributed by atoms with E-state index in [0.717, 1.165) is 12.0 Å². The van der Waals surface area contributed by atoms with E-state index in [-0.39, 0.29) is 17.9 Å². The predicted molar refractivity (Wildman–Crippen MR) is 150 cm³/mol. The van der Waals surface area contributed by atoms with Gasteiger partial charge in [0.25, 0.3) is 5.91 Å². The molecule has 7 heteroatoms. The smallest absolute Gasteiger partial charge is 0.263 e. The number of ether oxygens (including phenoxy) is 1. The summed E-state index contributed by atoms with van der Waals surface area (Å²) in [6.07, 6.45) is 6.17. The molecule has 194 valence electrons. The van der Waals surface area contributed by atoms with Crippen molar-refractivity contribution in [1.82, 2.24) is 14.9 Å². The Labute approximate surface area is 225 Å². The van der Waals surface area contributed by atoms with Crippen LogP contribution in [0.3, 0.4) is 0 Å². The summed E-state index contributed by atoms with van der Waals surface area (Å²) in [6.45, 7) is 15.0. The van der Waals surface area contributed by atoms with Crippen LogP contribution in [0.25, 0.3) is 0 Å². The number of hydrogen-bond acceptors (Lipinski definition) is 3. The van der Waals surface area contributed by atoms with Crippen LogP contribution in [0, 0.1) is 13.8 Å². The molecule has 0 saturated carbocycles. The number of aryl methyl sites for hydroxylation is 1. The summed E-state index contributed by atoms with van der Waals surface area (Å²) in [5.74, 6) is 0.206. The Bertz CT molecular complexity index is 1150. The molecule has 1 aromatic carbocycles. The first-order valence-corrected chi connectivity index (χ1v) is 12.7. The molecule has 3 aromatic rings. The normalized spacial score (nSPS) is 12.7. The molecule has 2 atom stereocenters. The largest absolute Gasteiger partial charge is 0.462 e. The van der Waals surface area contributed by atoms with Crippen molar-refractivity contribution in [3.05, 3.63) is 93.9 Å². The number of pyridine rings is 1. The minimum absolute atomic E-state index is 0.0690. The van der Waals surface area contributed by atoms with Crippen molar-refractivity contribution >= 4 is 29.1 Å². The molecule has 0 aliphatic rings. The van der Waals surface area contributed by atoms with Gasteiger partial charge in [-0.15, -0.1) is 6.58 Å². The van der Waals surface area contributed by atoms with Gasteiger partial charge < -0.3 is 14.6 Å². The molecule has 2 unspecified atom stereocenters. The highest BCUT2D eigenvalue weighted by atomic mass is 35.5. The molecule has 0 aliphatic heterocycles. The van der Waals surface area contributed by atoms with Gasteiger partial charge in [0.1, 0.15) is 0 Å². The molecule has 0 bridgehead atoms. The third-order valence-corrected chi connectivity index (χ3v) is 6.65. The number of nitrogens with one attached hydrogen (secondary N) is 1. The van der Waals surface area contributed by atoms with Crippen molar-refractivity contribution in [1.29, 1.82) is 0 Å². The molecular weight excluding hydrogens is 493 g/mol. The molecule has 0 fully saturated rings. The van der Waals surface area contributed by atoms with Crippen molar-refractivity contribution in [2.45, 2.75) is 65.5 Å². The summed E-state index contributed by atoms with van der Waals surface area (Å²) in [5, 5.41) is 4.40. The molecule has 1 amide bonds. The van der Waals surface area contributed by atoms with Gasteiger partial charge in [0.2, 0.25) is 5.88 Å². The van der Waals surface area contributed by atoms with E-state index in [0.29, 0.717) is 15.9 Å². The summed E-state index contributed by atoms with van der Waals surface area (Å²) < 4.78 is 8.02. The minimum atomic E-state index is -1.11. The number of nitrogens with zero attached hydrogens (tertiary/aromatic N) is 2. The predicted octanol–water partition coefficient (Wildman–Crippen LogP) is 7.22. The number of hydrogen-bond donors (Lipinski definition) is 1. The summed E-state index contributed by atoms with van der Waals surface area (Å²) in [5.41, 5.74) is 3.71. The van der Waals surface area contributed by atoms with Gasteiger partial charge in [0.05, 0.1) is 5.02 Å².